The topological polar surface area (TPSA) is 29.5 Å². The van der Waals surface area contributed by atoms with Crippen molar-refractivity contribution in [3.05, 3.63) is 28.0 Å². The van der Waals surface area contributed by atoms with Crippen molar-refractivity contribution in [2.24, 2.45) is 0 Å². The van der Waals surface area contributed by atoms with Crippen LogP contribution in [0, 0.1) is 5.82 Å². The van der Waals surface area contributed by atoms with E-state index in [0.29, 0.717) is 42.7 Å². The third kappa shape index (κ3) is 2.10. The fourth-order valence-electron chi connectivity index (χ4n) is 1.75. The second-order valence-electron chi connectivity index (χ2n) is 3.51. The van der Waals surface area contributed by atoms with Gasteiger partial charge in [0.2, 0.25) is 0 Å². The van der Waals surface area contributed by atoms with Crippen LogP contribution in [0.1, 0.15) is 10.4 Å². The Bertz CT molecular complexity index is 405. The smallest absolute Gasteiger partial charge is 0.155 e. The number of carbonyl (C=O) groups is 1. The molecule has 0 amide bonds. The van der Waals surface area contributed by atoms with Gasteiger partial charge in [0.15, 0.2) is 6.29 Å². The quantitative estimate of drug-likeness (QED) is 0.782. The number of benzene rings is 1. The largest absolute Gasteiger partial charge is 0.378 e. The highest BCUT2D eigenvalue weighted by Crippen LogP contribution is 2.27. The molecule has 16 heavy (non-hydrogen) atoms. The molecule has 1 aliphatic rings. The normalized spacial score (nSPS) is 16.2. The highest BCUT2D eigenvalue weighted by atomic mass is 79.9. The molecule has 1 aromatic carbocycles. The van der Waals surface area contributed by atoms with E-state index in [1.807, 2.05) is 4.90 Å². The van der Waals surface area contributed by atoms with Crippen LogP contribution in [0.3, 0.4) is 0 Å². The van der Waals surface area contributed by atoms with Crippen molar-refractivity contribution in [2.45, 2.75) is 0 Å². The molecule has 0 aromatic heterocycles. The first-order valence-electron chi connectivity index (χ1n) is 5.00. The minimum Gasteiger partial charge on any atom is -0.378 e. The molecular formula is C11H11BrFNO2. The monoisotopic (exact) mass is 287 g/mol. The Labute approximate surface area is 101 Å². The van der Waals surface area contributed by atoms with E-state index in [2.05, 4.69) is 15.9 Å². The lowest BCUT2D eigenvalue weighted by atomic mass is 10.1. The molecule has 0 unspecified atom stereocenters. The molecule has 5 heteroatoms. The van der Waals surface area contributed by atoms with Gasteiger partial charge in [0.25, 0.3) is 0 Å². The van der Waals surface area contributed by atoms with E-state index in [1.54, 1.807) is 12.1 Å². The molecule has 0 bridgehead atoms. The van der Waals surface area contributed by atoms with Crippen LogP contribution >= 0.6 is 15.9 Å². The molecule has 2 rings (SSSR count). The molecule has 1 heterocycles. The van der Waals surface area contributed by atoms with E-state index in [1.165, 1.54) is 0 Å². The molecule has 0 radical (unpaired) electrons. The van der Waals surface area contributed by atoms with Crippen LogP contribution in [0.4, 0.5) is 10.1 Å². The van der Waals surface area contributed by atoms with Crippen molar-refractivity contribution in [3.8, 4) is 0 Å². The summed E-state index contributed by atoms with van der Waals surface area (Å²) in [6.45, 7) is 2.58. The van der Waals surface area contributed by atoms with Crippen LogP contribution in [0.25, 0.3) is 0 Å². The number of hydrogen-bond acceptors (Lipinski definition) is 3. The molecule has 1 aliphatic heterocycles. The van der Waals surface area contributed by atoms with Gasteiger partial charge in [-0.25, -0.2) is 4.39 Å². The summed E-state index contributed by atoms with van der Waals surface area (Å²) in [6, 6.07) is 3.37. The first-order valence-corrected chi connectivity index (χ1v) is 5.79. The molecule has 1 fully saturated rings. The summed E-state index contributed by atoms with van der Waals surface area (Å²) in [7, 11) is 0. The van der Waals surface area contributed by atoms with Crippen molar-refractivity contribution in [2.75, 3.05) is 31.2 Å². The van der Waals surface area contributed by atoms with Crippen LogP contribution < -0.4 is 4.90 Å². The Morgan fingerprint density at radius 2 is 2.06 bits per heavy atom. The Morgan fingerprint density at radius 1 is 1.38 bits per heavy atom. The Balaban J connectivity index is 2.39. The van der Waals surface area contributed by atoms with E-state index in [4.69, 9.17) is 4.74 Å². The lowest BCUT2D eigenvalue weighted by Gasteiger charge is -2.30. The van der Waals surface area contributed by atoms with Gasteiger partial charge in [-0.3, -0.25) is 4.79 Å². The number of aldehydes is 1. The molecule has 3 nitrogen and oxygen atoms in total. The maximum Gasteiger partial charge on any atom is 0.155 e. The molecule has 0 N–H and O–H groups in total. The van der Waals surface area contributed by atoms with Gasteiger partial charge in [-0.2, -0.15) is 0 Å². The molecule has 0 saturated carbocycles. The first kappa shape index (κ1) is 11.5. The summed E-state index contributed by atoms with van der Waals surface area (Å²) in [4.78, 5) is 12.9. The molecular weight excluding hydrogens is 277 g/mol. The van der Waals surface area contributed by atoms with Crippen molar-refractivity contribution >= 4 is 27.9 Å². The Kier molecular flexibility index (Phi) is 3.56. The van der Waals surface area contributed by atoms with Crippen molar-refractivity contribution in [1.29, 1.82) is 0 Å². The van der Waals surface area contributed by atoms with E-state index >= 15 is 0 Å². The summed E-state index contributed by atoms with van der Waals surface area (Å²) in [6.07, 6.45) is 0.560. The lowest BCUT2D eigenvalue weighted by molar-refractivity contribution is 0.111. The predicted octanol–water partition coefficient (Wildman–Crippen LogP) is 2.24. The molecule has 1 saturated heterocycles. The minimum atomic E-state index is -0.501. The van der Waals surface area contributed by atoms with Crippen LogP contribution in [0.2, 0.25) is 0 Å². The van der Waals surface area contributed by atoms with Crippen LogP contribution in [-0.2, 0) is 4.74 Å². The zero-order chi connectivity index (χ0) is 11.5. The van der Waals surface area contributed by atoms with Crippen molar-refractivity contribution in [3.63, 3.8) is 0 Å². The van der Waals surface area contributed by atoms with Gasteiger partial charge >= 0.3 is 0 Å². The number of hydrogen-bond donors (Lipinski definition) is 0. The summed E-state index contributed by atoms with van der Waals surface area (Å²) in [5, 5.41) is 0. The maximum absolute atomic E-state index is 13.7. The Morgan fingerprint density at radius 3 is 2.69 bits per heavy atom. The van der Waals surface area contributed by atoms with Crippen molar-refractivity contribution in [1.82, 2.24) is 0 Å². The predicted molar refractivity (Wildman–Crippen MR) is 62.5 cm³/mol. The minimum absolute atomic E-state index is 0.108. The first-order chi connectivity index (χ1) is 7.74. The van der Waals surface area contributed by atoms with Crippen LogP contribution in [0.15, 0.2) is 16.6 Å². The standard InChI is InChI=1S/C11H11BrFNO2/c12-9-1-2-10(8(7-15)11(9)13)14-3-5-16-6-4-14/h1-2,7H,3-6H2. The summed E-state index contributed by atoms with van der Waals surface area (Å²) >= 11 is 3.07. The van der Waals surface area contributed by atoms with Gasteiger partial charge in [-0.05, 0) is 28.1 Å². The molecule has 86 valence electrons. The van der Waals surface area contributed by atoms with Gasteiger partial charge in [-0.1, -0.05) is 0 Å². The highest BCUT2D eigenvalue weighted by Gasteiger charge is 2.18. The molecule has 0 aliphatic carbocycles. The number of ether oxygens (including phenoxy) is 1. The molecule has 1 aromatic rings. The van der Waals surface area contributed by atoms with E-state index in [-0.39, 0.29) is 5.56 Å². The van der Waals surface area contributed by atoms with Gasteiger partial charge in [0.05, 0.1) is 28.9 Å². The number of morpholine rings is 1. The number of carbonyl (C=O) groups excluding carboxylic acids is 1. The molecule has 0 atom stereocenters. The van der Waals surface area contributed by atoms with Gasteiger partial charge in [0.1, 0.15) is 5.82 Å². The van der Waals surface area contributed by atoms with Gasteiger partial charge in [0, 0.05) is 13.1 Å². The summed E-state index contributed by atoms with van der Waals surface area (Å²) in [5.74, 6) is -0.501. The van der Waals surface area contributed by atoms with E-state index in [0.717, 1.165) is 0 Å². The van der Waals surface area contributed by atoms with E-state index in [9.17, 15) is 9.18 Å². The highest BCUT2D eigenvalue weighted by molar-refractivity contribution is 9.10. The Hall–Kier alpha value is -0.940. The fraction of sp³-hybridized carbons (Fsp3) is 0.364. The third-order valence-corrected chi connectivity index (χ3v) is 3.19. The fourth-order valence-corrected chi connectivity index (χ4v) is 2.09. The van der Waals surface area contributed by atoms with Crippen LogP contribution in [-0.4, -0.2) is 32.6 Å². The third-order valence-electron chi connectivity index (χ3n) is 2.58. The summed E-state index contributed by atoms with van der Waals surface area (Å²) in [5.41, 5.74) is 0.746. The van der Waals surface area contributed by atoms with Crippen LogP contribution in [0.5, 0.6) is 0 Å². The maximum atomic E-state index is 13.7. The van der Waals surface area contributed by atoms with Crippen molar-refractivity contribution < 1.29 is 13.9 Å². The molecule has 0 spiro atoms. The lowest BCUT2D eigenvalue weighted by Crippen LogP contribution is -2.36. The second kappa shape index (κ2) is 4.93. The average Bonchev–Trinajstić information content (AvgIpc) is 2.33. The zero-order valence-corrected chi connectivity index (χ0v) is 10.2. The number of halogens is 2. The summed E-state index contributed by atoms with van der Waals surface area (Å²) < 4.78 is 19.2. The number of rotatable bonds is 2. The number of nitrogens with zero attached hydrogens (tertiary/aromatic N) is 1. The van der Waals surface area contributed by atoms with Gasteiger partial charge < -0.3 is 9.64 Å². The number of anilines is 1. The second-order valence-corrected chi connectivity index (χ2v) is 4.37. The van der Waals surface area contributed by atoms with E-state index < -0.39 is 5.82 Å². The zero-order valence-electron chi connectivity index (χ0n) is 8.58. The van der Waals surface area contributed by atoms with Gasteiger partial charge in [-0.15, -0.1) is 0 Å². The SMILES string of the molecule is O=Cc1c(N2CCOCC2)ccc(Br)c1F. The average molecular weight is 288 g/mol.